The first-order valence-electron chi connectivity index (χ1n) is 7.56. The molecule has 1 aromatic carbocycles. The first-order chi connectivity index (χ1) is 10.2. The van der Waals surface area contributed by atoms with Crippen LogP contribution in [-0.2, 0) is 0 Å². The van der Waals surface area contributed by atoms with Gasteiger partial charge in [-0.25, -0.2) is 0 Å². The Morgan fingerprint density at radius 3 is 2.00 bits per heavy atom. The minimum Gasteiger partial charge on any atom is -0.490 e. The standard InChI is InChI=1S/C16H23NO4/c1-4-19-13-9-11(16(18)17-12-7-8-12)10-14(20-5-2)15(13)21-6-3/h9-10,12H,4-8H2,1-3H3,(H,17,18). The van der Waals surface area contributed by atoms with E-state index in [1.54, 1.807) is 12.1 Å². The molecule has 1 aromatic rings. The van der Waals surface area contributed by atoms with Crippen LogP contribution in [0.5, 0.6) is 17.2 Å². The third-order valence-electron chi connectivity index (χ3n) is 3.08. The second-order valence-corrected chi connectivity index (χ2v) is 4.85. The fourth-order valence-electron chi connectivity index (χ4n) is 2.02. The minimum atomic E-state index is -0.0949. The molecule has 0 bridgehead atoms. The molecule has 0 saturated heterocycles. The van der Waals surface area contributed by atoms with Crippen molar-refractivity contribution in [3.05, 3.63) is 17.7 Å². The van der Waals surface area contributed by atoms with E-state index in [-0.39, 0.29) is 5.91 Å². The van der Waals surface area contributed by atoms with Gasteiger partial charge in [0.15, 0.2) is 11.5 Å². The maximum absolute atomic E-state index is 12.2. The van der Waals surface area contributed by atoms with Crippen molar-refractivity contribution in [3.63, 3.8) is 0 Å². The van der Waals surface area contributed by atoms with Crippen LogP contribution in [0.2, 0.25) is 0 Å². The highest BCUT2D eigenvalue weighted by Gasteiger charge is 2.25. The summed E-state index contributed by atoms with van der Waals surface area (Å²) in [6.45, 7) is 7.20. The topological polar surface area (TPSA) is 56.8 Å². The van der Waals surface area contributed by atoms with E-state index in [0.717, 1.165) is 12.8 Å². The molecule has 0 aliphatic heterocycles. The van der Waals surface area contributed by atoms with Crippen molar-refractivity contribution in [2.75, 3.05) is 19.8 Å². The molecule has 1 saturated carbocycles. The highest BCUT2D eigenvalue weighted by Crippen LogP contribution is 2.39. The van der Waals surface area contributed by atoms with Crippen LogP contribution in [0, 0.1) is 0 Å². The second-order valence-electron chi connectivity index (χ2n) is 4.85. The van der Waals surface area contributed by atoms with Crippen molar-refractivity contribution in [2.45, 2.75) is 39.7 Å². The van der Waals surface area contributed by atoms with Crippen LogP contribution in [0.25, 0.3) is 0 Å². The Balaban J connectivity index is 2.33. The predicted octanol–water partition coefficient (Wildman–Crippen LogP) is 2.77. The van der Waals surface area contributed by atoms with E-state index in [1.165, 1.54) is 0 Å². The van der Waals surface area contributed by atoms with Crippen LogP contribution < -0.4 is 19.5 Å². The lowest BCUT2D eigenvalue weighted by Crippen LogP contribution is -2.25. The van der Waals surface area contributed by atoms with E-state index in [2.05, 4.69) is 5.32 Å². The molecule has 1 amide bonds. The Kier molecular flexibility index (Phi) is 5.31. The van der Waals surface area contributed by atoms with Crippen molar-refractivity contribution in [1.29, 1.82) is 0 Å². The van der Waals surface area contributed by atoms with Crippen LogP contribution in [0.4, 0.5) is 0 Å². The summed E-state index contributed by atoms with van der Waals surface area (Å²) in [5.41, 5.74) is 0.539. The van der Waals surface area contributed by atoms with Gasteiger partial charge >= 0.3 is 0 Å². The van der Waals surface area contributed by atoms with Crippen LogP contribution in [0.3, 0.4) is 0 Å². The van der Waals surface area contributed by atoms with E-state index < -0.39 is 0 Å². The van der Waals surface area contributed by atoms with Gasteiger partial charge in [-0.15, -0.1) is 0 Å². The summed E-state index contributed by atoms with van der Waals surface area (Å²) < 4.78 is 16.8. The lowest BCUT2D eigenvalue weighted by atomic mass is 10.1. The van der Waals surface area contributed by atoms with Crippen molar-refractivity contribution in [2.24, 2.45) is 0 Å². The summed E-state index contributed by atoms with van der Waals surface area (Å²) in [7, 11) is 0. The molecular formula is C16H23NO4. The first-order valence-corrected chi connectivity index (χ1v) is 7.56. The first kappa shape index (κ1) is 15.5. The molecule has 0 unspecified atom stereocenters. The molecule has 2 rings (SSSR count). The number of hydrogen-bond acceptors (Lipinski definition) is 4. The highest BCUT2D eigenvalue weighted by molar-refractivity contribution is 5.96. The molecule has 116 valence electrons. The molecule has 21 heavy (non-hydrogen) atoms. The van der Waals surface area contributed by atoms with E-state index in [9.17, 15) is 4.79 Å². The van der Waals surface area contributed by atoms with E-state index in [1.807, 2.05) is 20.8 Å². The fourth-order valence-corrected chi connectivity index (χ4v) is 2.02. The summed E-state index contributed by atoms with van der Waals surface area (Å²) in [6, 6.07) is 3.75. The van der Waals surface area contributed by atoms with Crippen LogP contribution in [-0.4, -0.2) is 31.8 Å². The average molecular weight is 293 g/mol. The fraction of sp³-hybridized carbons (Fsp3) is 0.562. The maximum Gasteiger partial charge on any atom is 0.251 e. The zero-order chi connectivity index (χ0) is 15.2. The minimum absolute atomic E-state index is 0.0949. The lowest BCUT2D eigenvalue weighted by molar-refractivity contribution is 0.0950. The quantitative estimate of drug-likeness (QED) is 0.800. The summed E-state index contributed by atoms with van der Waals surface area (Å²) in [5.74, 6) is 1.56. The molecule has 1 N–H and O–H groups in total. The average Bonchev–Trinajstić information content (AvgIpc) is 3.26. The van der Waals surface area contributed by atoms with Gasteiger partial charge in [-0.2, -0.15) is 0 Å². The number of carbonyl (C=O) groups excluding carboxylic acids is 1. The molecule has 1 fully saturated rings. The number of rotatable bonds is 8. The zero-order valence-electron chi connectivity index (χ0n) is 12.9. The molecule has 0 aromatic heterocycles. The van der Waals surface area contributed by atoms with Crippen LogP contribution >= 0.6 is 0 Å². The van der Waals surface area contributed by atoms with Gasteiger partial charge in [-0.05, 0) is 45.7 Å². The van der Waals surface area contributed by atoms with Crippen molar-refractivity contribution in [3.8, 4) is 17.2 Å². The van der Waals surface area contributed by atoms with Crippen LogP contribution in [0.15, 0.2) is 12.1 Å². The Morgan fingerprint density at radius 1 is 1.05 bits per heavy atom. The molecule has 5 heteroatoms. The number of benzene rings is 1. The third-order valence-corrected chi connectivity index (χ3v) is 3.08. The normalized spacial score (nSPS) is 13.7. The van der Waals surface area contributed by atoms with Gasteiger partial charge in [0.05, 0.1) is 19.8 Å². The van der Waals surface area contributed by atoms with Gasteiger partial charge < -0.3 is 19.5 Å². The smallest absolute Gasteiger partial charge is 0.251 e. The molecule has 0 spiro atoms. The summed E-state index contributed by atoms with van der Waals surface area (Å²) in [5, 5.41) is 2.97. The zero-order valence-corrected chi connectivity index (χ0v) is 12.9. The Hall–Kier alpha value is -1.91. The summed E-state index contributed by atoms with van der Waals surface area (Å²) in [4.78, 5) is 12.2. The van der Waals surface area contributed by atoms with Gasteiger partial charge in [0.1, 0.15) is 0 Å². The van der Waals surface area contributed by atoms with Gasteiger partial charge in [0.2, 0.25) is 5.75 Å². The molecule has 1 aliphatic rings. The molecule has 0 atom stereocenters. The summed E-state index contributed by atoms with van der Waals surface area (Å²) in [6.07, 6.45) is 2.11. The Morgan fingerprint density at radius 2 is 1.57 bits per heavy atom. The number of nitrogens with one attached hydrogen (secondary N) is 1. The van der Waals surface area contributed by atoms with E-state index in [4.69, 9.17) is 14.2 Å². The SMILES string of the molecule is CCOc1cc(C(=O)NC2CC2)cc(OCC)c1OCC. The van der Waals surface area contributed by atoms with Gasteiger partial charge in [-0.1, -0.05) is 0 Å². The van der Waals surface area contributed by atoms with E-state index >= 15 is 0 Å². The predicted molar refractivity (Wildman–Crippen MR) is 80.4 cm³/mol. The van der Waals surface area contributed by atoms with E-state index in [0.29, 0.717) is 48.7 Å². The number of ether oxygens (including phenoxy) is 3. The van der Waals surface area contributed by atoms with Crippen molar-refractivity contribution >= 4 is 5.91 Å². The second kappa shape index (κ2) is 7.20. The molecule has 0 heterocycles. The summed E-state index contributed by atoms with van der Waals surface area (Å²) >= 11 is 0. The monoisotopic (exact) mass is 293 g/mol. The third kappa shape index (κ3) is 4.03. The van der Waals surface area contributed by atoms with Gasteiger partial charge in [0, 0.05) is 11.6 Å². The lowest BCUT2D eigenvalue weighted by Gasteiger charge is -2.17. The largest absolute Gasteiger partial charge is 0.490 e. The molecule has 1 aliphatic carbocycles. The van der Waals surface area contributed by atoms with Gasteiger partial charge in [-0.3, -0.25) is 4.79 Å². The number of hydrogen-bond donors (Lipinski definition) is 1. The van der Waals surface area contributed by atoms with Crippen molar-refractivity contribution < 1.29 is 19.0 Å². The number of amides is 1. The number of carbonyl (C=O) groups is 1. The van der Waals surface area contributed by atoms with Crippen molar-refractivity contribution in [1.82, 2.24) is 5.32 Å². The Bertz CT molecular complexity index is 470. The Labute approximate surface area is 125 Å². The molecule has 0 radical (unpaired) electrons. The highest BCUT2D eigenvalue weighted by atomic mass is 16.5. The molecular weight excluding hydrogens is 270 g/mol. The van der Waals surface area contributed by atoms with Crippen LogP contribution in [0.1, 0.15) is 44.0 Å². The molecule has 5 nitrogen and oxygen atoms in total. The maximum atomic E-state index is 12.2. The van der Waals surface area contributed by atoms with Gasteiger partial charge in [0.25, 0.3) is 5.91 Å².